The van der Waals surface area contributed by atoms with Crippen LogP contribution in [0.2, 0.25) is 0 Å². The molecule has 0 atom stereocenters. The van der Waals surface area contributed by atoms with E-state index in [9.17, 15) is 4.79 Å². The van der Waals surface area contributed by atoms with Crippen LogP contribution < -0.4 is 5.32 Å². The number of hydrogen-bond donors (Lipinski definition) is 1. The van der Waals surface area contributed by atoms with Crippen molar-refractivity contribution in [2.24, 2.45) is 0 Å². The number of amides is 1. The predicted molar refractivity (Wildman–Crippen MR) is 100.0 cm³/mol. The van der Waals surface area contributed by atoms with Crippen molar-refractivity contribution in [1.82, 2.24) is 15.0 Å². The van der Waals surface area contributed by atoms with Crippen LogP contribution in [0, 0.1) is 0 Å². The number of hydrogen-bond acceptors (Lipinski definition) is 6. The number of benzene rings is 1. The predicted octanol–water partition coefficient (Wildman–Crippen LogP) is 4.40. The zero-order chi connectivity index (χ0) is 16.9. The van der Waals surface area contributed by atoms with Crippen LogP contribution in [-0.4, -0.2) is 27.1 Å². The molecule has 0 aliphatic heterocycles. The molecule has 0 aliphatic carbocycles. The minimum absolute atomic E-state index is 0.243. The molecule has 0 spiro atoms. The number of rotatable bonds is 6. The van der Waals surface area contributed by atoms with Crippen molar-refractivity contribution < 1.29 is 4.79 Å². The lowest BCUT2D eigenvalue weighted by Gasteiger charge is -2.01. The number of carbonyl (C=O) groups excluding carboxylic acids is 1. The van der Waals surface area contributed by atoms with E-state index in [1.54, 1.807) is 0 Å². The molecule has 3 aromatic rings. The van der Waals surface area contributed by atoms with Crippen LogP contribution in [0.1, 0.15) is 35.7 Å². The Kier molecular flexibility index (Phi) is 5.42. The molecule has 5 nitrogen and oxygen atoms in total. The van der Waals surface area contributed by atoms with Gasteiger partial charge in [0.05, 0.1) is 15.8 Å². The minimum atomic E-state index is -0.243. The largest absolute Gasteiger partial charge is 0.298 e. The second kappa shape index (κ2) is 7.72. The molecule has 2 aromatic heterocycles. The minimum Gasteiger partial charge on any atom is -0.298 e. The Morgan fingerprint density at radius 3 is 2.79 bits per heavy atom. The summed E-state index contributed by atoms with van der Waals surface area (Å²) in [5.41, 5.74) is 2.65. The van der Waals surface area contributed by atoms with Gasteiger partial charge >= 0.3 is 0 Å². The molecule has 1 amide bonds. The SMILES string of the molecule is CCCCc1ccc2nc(NC(=O)c3cnc(SC)nc3)sc2c1. The standard InChI is InChI=1S/C17H18N4OS2/c1-3-4-5-11-6-7-13-14(8-11)24-17(20-13)21-15(22)12-9-18-16(23-2)19-10-12/h6-10H,3-5H2,1-2H3,(H,20,21,22). The van der Waals surface area contributed by atoms with Gasteiger partial charge in [-0.1, -0.05) is 42.5 Å². The fraction of sp³-hybridized carbons (Fsp3) is 0.294. The van der Waals surface area contributed by atoms with Crippen molar-refractivity contribution >= 4 is 44.4 Å². The molecule has 1 N–H and O–H groups in total. The second-order valence-electron chi connectivity index (χ2n) is 5.34. The van der Waals surface area contributed by atoms with Crippen molar-refractivity contribution in [3.05, 3.63) is 41.7 Å². The highest BCUT2D eigenvalue weighted by molar-refractivity contribution is 7.98. The molecule has 0 saturated carbocycles. The van der Waals surface area contributed by atoms with Gasteiger partial charge in [-0.3, -0.25) is 10.1 Å². The molecule has 3 rings (SSSR count). The Hall–Kier alpha value is -1.99. The van der Waals surface area contributed by atoms with Gasteiger partial charge in [0.1, 0.15) is 0 Å². The van der Waals surface area contributed by atoms with E-state index in [4.69, 9.17) is 0 Å². The highest BCUT2D eigenvalue weighted by atomic mass is 32.2. The number of fused-ring (bicyclic) bond motifs is 1. The van der Waals surface area contributed by atoms with E-state index in [0.717, 1.165) is 16.6 Å². The van der Waals surface area contributed by atoms with Crippen LogP contribution in [-0.2, 0) is 6.42 Å². The lowest BCUT2D eigenvalue weighted by molar-refractivity contribution is 0.102. The zero-order valence-electron chi connectivity index (χ0n) is 13.6. The van der Waals surface area contributed by atoms with Crippen LogP contribution in [0.5, 0.6) is 0 Å². The highest BCUT2D eigenvalue weighted by Gasteiger charge is 2.11. The number of thiazole rings is 1. The number of nitrogens with one attached hydrogen (secondary N) is 1. The summed E-state index contributed by atoms with van der Waals surface area (Å²) in [6.07, 6.45) is 8.39. The summed E-state index contributed by atoms with van der Waals surface area (Å²) < 4.78 is 1.09. The summed E-state index contributed by atoms with van der Waals surface area (Å²) in [5, 5.41) is 4.07. The third kappa shape index (κ3) is 3.91. The van der Waals surface area contributed by atoms with Crippen molar-refractivity contribution in [3.63, 3.8) is 0 Å². The maximum Gasteiger partial charge on any atom is 0.260 e. The number of aryl methyl sites for hydroxylation is 1. The van der Waals surface area contributed by atoms with Gasteiger partial charge in [-0.25, -0.2) is 15.0 Å². The lowest BCUT2D eigenvalue weighted by Crippen LogP contribution is -2.12. The maximum absolute atomic E-state index is 12.3. The Labute approximate surface area is 148 Å². The van der Waals surface area contributed by atoms with E-state index in [0.29, 0.717) is 15.9 Å². The topological polar surface area (TPSA) is 67.8 Å². The Bertz CT molecular complexity index is 845. The summed E-state index contributed by atoms with van der Waals surface area (Å²) in [6, 6.07) is 6.29. The van der Waals surface area contributed by atoms with Crippen LogP contribution in [0.25, 0.3) is 10.2 Å². The van der Waals surface area contributed by atoms with Crippen molar-refractivity contribution in [1.29, 1.82) is 0 Å². The molecule has 7 heteroatoms. The average Bonchev–Trinajstić information content (AvgIpc) is 3.01. The molecule has 0 fully saturated rings. The first-order valence-corrected chi connectivity index (χ1v) is 9.80. The summed E-state index contributed by atoms with van der Waals surface area (Å²) in [4.78, 5) is 25.0. The van der Waals surface area contributed by atoms with Crippen LogP contribution in [0.4, 0.5) is 5.13 Å². The molecule has 2 heterocycles. The molecule has 124 valence electrons. The van der Waals surface area contributed by atoms with E-state index in [1.807, 2.05) is 12.3 Å². The molecular formula is C17H18N4OS2. The fourth-order valence-electron chi connectivity index (χ4n) is 2.27. The van der Waals surface area contributed by atoms with Crippen LogP contribution in [0.15, 0.2) is 35.7 Å². The number of anilines is 1. The summed E-state index contributed by atoms with van der Waals surface area (Å²) in [5.74, 6) is -0.243. The zero-order valence-corrected chi connectivity index (χ0v) is 15.2. The summed E-state index contributed by atoms with van der Waals surface area (Å²) in [7, 11) is 0. The second-order valence-corrected chi connectivity index (χ2v) is 7.14. The molecule has 0 aliphatic rings. The van der Waals surface area contributed by atoms with Crippen LogP contribution in [0.3, 0.4) is 0 Å². The van der Waals surface area contributed by atoms with Crippen molar-refractivity contribution in [2.45, 2.75) is 31.3 Å². The Balaban J connectivity index is 1.75. The van der Waals surface area contributed by atoms with Gasteiger partial charge in [-0.2, -0.15) is 0 Å². The fourth-order valence-corrected chi connectivity index (χ4v) is 3.51. The van der Waals surface area contributed by atoms with Crippen molar-refractivity contribution in [3.8, 4) is 0 Å². The lowest BCUT2D eigenvalue weighted by atomic mass is 10.1. The normalized spacial score (nSPS) is 10.9. The molecule has 0 radical (unpaired) electrons. The molecule has 1 aromatic carbocycles. The third-order valence-corrected chi connectivity index (χ3v) is 5.07. The van der Waals surface area contributed by atoms with E-state index in [1.165, 1.54) is 53.9 Å². The maximum atomic E-state index is 12.3. The summed E-state index contributed by atoms with van der Waals surface area (Å²) in [6.45, 7) is 2.19. The number of nitrogens with zero attached hydrogens (tertiary/aromatic N) is 3. The van der Waals surface area contributed by atoms with Gasteiger partial charge in [0.15, 0.2) is 10.3 Å². The number of aromatic nitrogens is 3. The van der Waals surface area contributed by atoms with Gasteiger partial charge in [0.2, 0.25) is 0 Å². The van der Waals surface area contributed by atoms with Crippen molar-refractivity contribution in [2.75, 3.05) is 11.6 Å². The molecular weight excluding hydrogens is 340 g/mol. The van der Waals surface area contributed by atoms with Gasteiger partial charge in [0, 0.05) is 12.4 Å². The first-order valence-electron chi connectivity index (χ1n) is 7.76. The van der Waals surface area contributed by atoms with Crippen LogP contribution >= 0.6 is 23.1 Å². The first-order chi connectivity index (χ1) is 11.7. The molecule has 24 heavy (non-hydrogen) atoms. The van der Waals surface area contributed by atoms with E-state index in [2.05, 4.69) is 39.3 Å². The number of carbonyl (C=O) groups is 1. The Morgan fingerprint density at radius 2 is 2.08 bits per heavy atom. The van der Waals surface area contributed by atoms with E-state index >= 15 is 0 Å². The van der Waals surface area contributed by atoms with Gasteiger partial charge < -0.3 is 0 Å². The number of thioether (sulfide) groups is 1. The van der Waals surface area contributed by atoms with Gasteiger partial charge in [-0.15, -0.1) is 0 Å². The van der Waals surface area contributed by atoms with Gasteiger partial charge in [-0.05, 0) is 36.8 Å². The molecule has 0 saturated heterocycles. The average molecular weight is 358 g/mol. The van der Waals surface area contributed by atoms with E-state index < -0.39 is 0 Å². The van der Waals surface area contributed by atoms with E-state index in [-0.39, 0.29) is 5.91 Å². The smallest absolute Gasteiger partial charge is 0.260 e. The third-order valence-electron chi connectivity index (χ3n) is 3.57. The molecule has 0 bridgehead atoms. The monoisotopic (exact) mass is 358 g/mol. The molecule has 0 unspecified atom stereocenters. The summed E-state index contributed by atoms with van der Waals surface area (Å²) >= 11 is 2.93. The quantitative estimate of drug-likeness (QED) is 0.522. The Morgan fingerprint density at radius 1 is 1.29 bits per heavy atom. The van der Waals surface area contributed by atoms with Gasteiger partial charge in [0.25, 0.3) is 5.91 Å². The first kappa shape index (κ1) is 16.9. The number of unbranched alkanes of at least 4 members (excludes halogenated alkanes) is 1. The highest BCUT2D eigenvalue weighted by Crippen LogP contribution is 2.27.